The Morgan fingerprint density at radius 3 is 2.50 bits per heavy atom. The maximum Gasteiger partial charge on any atom is 0.197 e. The van der Waals surface area contributed by atoms with E-state index in [1.807, 2.05) is 0 Å². The summed E-state index contributed by atoms with van der Waals surface area (Å²) < 4.78 is 24.1. The number of hydrogen-bond donors (Lipinski definition) is 1. The Balaban J connectivity index is 0.00000162. The van der Waals surface area contributed by atoms with Crippen molar-refractivity contribution in [2.24, 2.45) is 5.92 Å². The van der Waals surface area contributed by atoms with Crippen LogP contribution in [0.25, 0.3) is 0 Å². The van der Waals surface area contributed by atoms with Gasteiger partial charge in [0.1, 0.15) is 0 Å². The SMILES string of the molecule is Cl.O=S(=O)(CC1CCNCC1)c1ccc(Cl)nn1. The minimum Gasteiger partial charge on any atom is -0.317 e. The normalized spacial score (nSPS) is 17.2. The van der Waals surface area contributed by atoms with E-state index in [4.69, 9.17) is 11.6 Å². The summed E-state index contributed by atoms with van der Waals surface area (Å²) in [6, 6.07) is 2.86. The van der Waals surface area contributed by atoms with Crippen LogP contribution >= 0.6 is 24.0 Å². The van der Waals surface area contributed by atoms with Crippen LogP contribution in [0.2, 0.25) is 5.15 Å². The molecule has 0 saturated carbocycles. The predicted octanol–water partition coefficient (Wildman–Crippen LogP) is 1.33. The molecule has 2 rings (SSSR count). The number of aromatic nitrogens is 2. The highest BCUT2D eigenvalue weighted by Gasteiger charge is 2.24. The molecule has 0 amide bonds. The highest BCUT2D eigenvalue weighted by Crippen LogP contribution is 2.18. The van der Waals surface area contributed by atoms with Crippen molar-refractivity contribution in [2.45, 2.75) is 17.9 Å². The second kappa shape index (κ2) is 6.65. The van der Waals surface area contributed by atoms with Gasteiger partial charge in [-0.3, -0.25) is 0 Å². The largest absolute Gasteiger partial charge is 0.317 e. The van der Waals surface area contributed by atoms with Gasteiger partial charge in [0.15, 0.2) is 20.0 Å². The van der Waals surface area contributed by atoms with E-state index in [0.717, 1.165) is 25.9 Å². The first-order valence-electron chi connectivity index (χ1n) is 5.50. The van der Waals surface area contributed by atoms with Gasteiger partial charge in [-0.2, -0.15) is 0 Å². The van der Waals surface area contributed by atoms with Crippen LogP contribution < -0.4 is 5.32 Å². The molecule has 0 aliphatic carbocycles. The molecule has 1 aliphatic heterocycles. The maximum atomic E-state index is 12.0. The third kappa shape index (κ3) is 4.05. The topological polar surface area (TPSA) is 72.0 Å². The lowest BCUT2D eigenvalue weighted by Crippen LogP contribution is -2.31. The molecule has 1 aliphatic rings. The number of hydrogen-bond acceptors (Lipinski definition) is 5. The first kappa shape index (κ1) is 15.6. The van der Waals surface area contributed by atoms with Crippen LogP contribution in [0.15, 0.2) is 17.2 Å². The molecule has 1 N–H and O–H groups in total. The van der Waals surface area contributed by atoms with Crippen LogP contribution in [-0.2, 0) is 9.84 Å². The molecule has 2 heterocycles. The van der Waals surface area contributed by atoms with E-state index in [1.54, 1.807) is 0 Å². The lowest BCUT2D eigenvalue weighted by atomic mass is 10.0. The summed E-state index contributed by atoms with van der Waals surface area (Å²) in [5.74, 6) is 0.351. The second-order valence-corrected chi connectivity index (χ2v) is 6.54. The molecule has 102 valence electrons. The van der Waals surface area contributed by atoms with E-state index in [9.17, 15) is 8.42 Å². The molecule has 18 heavy (non-hydrogen) atoms. The molecule has 0 spiro atoms. The van der Waals surface area contributed by atoms with Gasteiger partial charge in [0.05, 0.1) is 5.75 Å². The fourth-order valence-corrected chi connectivity index (χ4v) is 3.58. The Kier molecular flexibility index (Phi) is 5.78. The van der Waals surface area contributed by atoms with Crippen molar-refractivity contribution in [1.82, 2.24) is 15.5 Å². The van der Waals surface area contributed by atoms with Crippen molar-refractivity contribution < 1.29 is 8.42 Å². The minimum atomic E-state index is -3.34. The molecule has 0 radical (unpaired) electrons. The van der Waals surface area contributed by atoms with Crippen LogP contribution in [0.5, 0.6) is 0 Å². The number of sulfone groups is 1. The monoisotopic (exact) mass is 311 g/mol. The third-order valence-corrected chi connectivity index (χ3v) is 4.81. The Labute approximate surface area is 118 Å². The standard InChI is InChI=1S/C10H14ClN3O2S.ClH/c11-9-1-2-10(14-13-9)17(15,16)7-8-3-5-12-6-4-8;/h1-2,8,12H,3-7H2;1H. The number of nitrogens with zero attached hydrogens (tertiary/aromatic N) is 2. The number of piperidine rings is 1. The Bertz CT molecular complexity index is 472. The minimum absolute atomic E-state index is 0. The molecular formula is C10H15Cl2N3O2S. The van der Waals surface area contributed by atoms with Gasteiger partial charge in [0.25, 0.3) is 0 Å². The summed E-state index contributed by atoms with van der Waals surface area (Å²) in [5, 5.41) is 10.6. The number of rotatable bonds is 3. The third-order valence-electron chi connectivity index (χ3n) is 2.84. The second-order valence-electron chi connectivity index (χ2n) is 4.17. The average Bonchev–Trinajstić information content (AvgIpc) is 2.30. The lowest BCUT2D eigenvalue weighted by Gasteiger charge is -2.21. The van der Waals surface area contributed by atoms with Crippen LogP contribution in [0.4, 0.5) is 0 Å². The van der Waals surface area contributed by atoms with Crippen molar-refractivity contribution >= 4 is 33.8 Å². The smallest absolute Gasteiger partial charge is 0.197 e. The molecule has 0 bridgehead atoms. The van der Waals surface area contributed by atoms with Gasteiger partial charge in [-0.25, -0.2) is 8.42 Å². The molecule has 0 aromatic carbocycles. The zero-order valence-electron chi connectivity index (χ0n) is 9.67. The number of nitrogens with one attached hydrogen (secondary N) is 1. The Morgan fingerprint density at radius 2 is 1.94 bits per heavy atom. The summed E-state index contributed by atoms with van der Waals surface area (Å²) in [5.41, 5.74) is 0. The van der Waals surface area contributed by atoms with Crippen molar-refractivity contribution in [3.05, 3.63) is 17.3 Å². The average molecular weight is 312 g/mol. The van der Waals surface area contributed by atoms with E-state index >= 15 is 0 Å². The van der Waals surface area contributed by atoms with E-state index in [1.165, 1.54) is 12.1 Å². The predicted molar refractivity (Wildman–Crippen MR) is 71.9 cm³/mol. The highest BCUT2D eigenvalue weighted by atomic mass is 35.5. The highest BCUT2D eigenvalue weighted by molar-refractivity contribution is 7.91. The molecule has 1 fully saturated rings. The number of halogens is 2. The lowest BCUT2D eigenvalue weighted by molar-refractivity contribution is 0.401. The summed E-state index contributed by atoms with van der Waals surface area (Å²) in [6.45, 7) is 1.76. The maximum absolute atomic E-state index is 12.0. The first-order valence-corrected chi connectivity index (χ1v) is 7.54. The van der Waals surface area contributed by atoms with E-state index in [2.05, 4.69) is 15.5 Å². The fraction of sp³-hybridized carbons (Fsp3) is 0.600. The molecule has 0 atom stereocenters. The molecule has 0 unspecified atom stereocenters. The summed E-state index contributed by atoms with van der Waals surface area (Å²) in [6.07, 6.45) is 1.78. The zero-order chi connectivity index (χ0) is 12.3. The summed E-state index contributed by atoms with van der Waals surface area (Å²) in [7, 11) is -3.34. The summed E-state index contributed by atoms with van der Waals surface area (Å²) >= 11 is 5.58. The van der Waals surface area contributed by atoms with Crippen molar-refractivity contribution in [1.29, 1.82) is 0 Å². The van der Waals surface area contributed by atoms with E-state index < -0.39 is 9.84 Å². The van der Waals surface area contributed by atoms with Crippen molar-refractivity contribution in [2.75, 3.05) is 18.8 Å². The van der Waals surface area contributed by atoms with Gasteiger partial charge in [-0.1, -0.05) is 11.6 Å². The van der Waals surface area contributed by atoms with Crippen LogP contribution in [0.3, 0.4) is 0 Å². The van der Waals surface area contributed by atoms with E-state index in [0.29, 0.717) is 0 Å². The van der Waals surface area contributed by atoms with Gasteiger partial charge >= 0.3 is 0 Å². The van der Waals surface area contributed by atoms with Gasteiger partial charge in [0, 0.05) is 0 Å². The Hall–Kier alpha value is -0.430. The van der Waals surface area contributed by atoms with Gasteiger partial charge in [-0.05, 0) is 44.0 Å². The van der Waals surface area contributed by atoms with Gasteiger partial charge < -0.3 is 5.32 Å². The van der Waals surface area contributed by atoms with Crippen LogP contribution in [-0.4, -0.2) is 37.5 Å². The molecule has 5 nitrogen and oxygen atoms in total. The van der Waals surface area contributed by atoms with Crippen LogP contribution in [0, 0.1) is 5.92 Å². The molecule has 1 aromatic rings. The van der Waals surface area contributed by atoms with Crippen molar-refractivity contribution in [3.8, 4) is 0 Å². The quantitative estimate of drug-likeness (QED) is 0.911. The zero-order valence-corrected chi connectivity index (χ0v) is 12.1. The molecule has 1 saturated heterocycles. The molecule has 8 heteroatoms. The van der Waals surface area contributed by atoms with E-state index in [-0.39, 0.29) is 34.3 Å². The summed E-state index contributed by atoms with van der Waals surface area (Å²) in [4.78, 5) is 0. The van der Waals surface area contributed by atoms with Gasteiger partial charge in [-0.15, -0.1) is 22.6 Å². The van der Waals surface area contributed by atoms with Crippen LogP contribution in [0.1, 0.15) is 12.8 Å². The first-order chi connectivity index (χ1) is 8.08. The molecule has 1 aromatic heterocycles. The molecular weight excluding hydrogens is 297 g/mol. The van der Waals surface area contributed by atoms with Gasteiger partial charge in [0.2, 0.25) is 0 Å². The Morgan fingerprint density at radius 1 is 1.28 bits per heavy atom. The fourth-order valence-electron chi connectivity index (χ4n) is 1.91. The van der Waals surface area contributed by atoms with Crippen molar-refractivity contribution in [3.63, 3.8) is 0 Å².